The van der Waals surface area contributed by atoms with Gasteiger partial charge in [-0.1, -0.05) is 37.3 Å². The highest BCUT2D eigenvalue weighted by Crippen LogP contribution is 2.24. The molecule has 1 aromatic carbocycles. The van der Waals surface area contributed by atoms with E-state index in [0.29, 0.717) is 6.04 Å². The number of hydrogen-bond acceptors (Lipinski definition) is 3. The lowest BCUT2D eigenvalue weighted by Gasteiger charge is -2.15. The highest BCUT2D eigenvalue weighted by atomic mass is 32.1. The quantitative estimate of drug-likeness (QED) is 0.856. The van der Waals surface area contributed by atoms with Crippen LogP contribution < -0.4 is 5.32 Å². The second kappa shape index (κ2) is 6.66. The number of benzene rings is 1. The first-order valence-corrected chi connectivity index (χ1v) is 7.31. The van der Waals surface area contributed by atoms with Gasteiger partial charge in [-0.2, -0.15) is 0 Å². The normalized spacial score (nSPS) is 12.6. The number of nitrogens with one attached hydrogen (secondary N) is 1. The fourth-order valence-electron chi connectivity index (χ4n) is 2.09. The Morgan fingerprint density at radius 3 is 2.67 bits per heavy atom. The van der Waals surface area contributed by atoms with Crippen molar-refractivity contribution < 1.29 is 0 Å². The third kappa shape index (κ3) is 3.65. The Balaban J connectivity index is 1.98. The van der Waals surface area contributed by atoms with Crippen molar-refractivity contribution in [1.29, 1.82) is 0 Å². The topological polar surface area (TPSA) is 24.9 Å². The molecule has 0 fully saturated rings. The molecule has 18 heavy (non-hydrogen) atoms. The van der Waals surface area contributed by atoms with Gasteiger partial charge < -0.3 is 5.32 Å². The monoisotopic (exact) mass is 260 g/mol. The minimum Gasteiger partial charge on any atom is -0.309 e. The fraction of sp³-hybridized carbons (Fsp3) is 0.400. The van der Waals surface area contributed by atoms with Crippen molar-refractivity contribution in [2.45, 2.75) is 32.7 Å². The van der Waals surface area contributed by atoms with E-state index >= 15 is 0 Å². The molecule has 1 atom stereocenters. The molecule has 0 spiro atoms. The van der Waals surface area contributed by atoms with Gasteiger partial charge in [-0.3, -0.25) is 0 Å². The van der Waals surface area contributed by atoms with Crippen LogP contribution in [0, 0.1) is 6.92 Å². The predicted molar refractivity (Wildman–Crippen MR) is 78.0 cm³/mol. The maximum absolute atomic E-state index is 4.35. The molecule has 2 aromatic rings. The van der Waals surface area contributed by atoms with Gasteiger partial charge in [-0.15, -0.1) is 11.3 Å². The smallest absolute Gasteiger partial charge is 0.0897 e. The zero-order valence-electron chi connectivity index (χ0n) is 11.0. The van der Waals surface area contributed by atoms with E-state index in [2.05, 4.69) is 54.5 Å². The van der Waals surface area contributed by atoms with Gasteiger partial charge in [0.2, 0.25) is 0 Å². The van der Waals surface area contributed by atoms with E-state index in [1.807, 2.05) is 6.20 Å². The van der Waals surface area contributed by atoms with Gasteiger partial charge in [0, 0.05) is 17.1 Å². The van der Waals surface area contributed by atoms with Crippen molar-refractivity contribution in [2.75, 3.05) is 6.54 Å². The standard InChI is InChI=1S/C15H20N2S/c1-3-16-14(15-11-17-12(2)18-15)10-9-13-7-5-4-6-8-13/h4-8,11,14,16H,3,9-10H2,1-2H3. The number of nitrogens with zero attached hydrogens (tertiary/aromatic N) is 1. The molecular weight excluding hydrogens is 240 g/mol. The minimum atomic E-state index is 0.432. The molecule has 0 aliphatic heterocycles. The van der Waals surface area contributed by atoms with Gasteiger partial charge in [0.05, 0.1) is 5.01 Å². The minimum absolute atomic E-state index is 0.432. The fourth-order valence-corrected chi connectivity index (χ4v) is 2.98. The van der Waals surface area contributed by atoms with Crippen LogP contribution >= 0.6 is 11.3 Å². The molecule has 1 heterocycles. The Morgan fingerprint density at radius 2 is 2.06 bits per heavy atom. The van der Waals surface area contributed by atoms with Crippen molar-refractivity contribution in [3.8, 4) is 0 Å². The summed E-state index contributed by atoms with van der Waals surface area (Å²) >= 11 is 1.80. The zero-order chi connectivity index (χ0) is 12.8. The average Bonchev–Trinajstić information content (AvgIpc) is 2.82. The summed E-state index contributed by atoms with van der Waals surface area (Å²) in [4.78, 5) is 5.71. The first-order chi connectivity index (χ1) is 8.79. The van der Waals surface area contributed by atoms with E-state index in [4.69, 9.17) is 0 Å². The molecule has 1 unspecified atom stereocenters. The Labute approximate surface area is 113 Å². The molecule has 2 nitrogen and oxygen atoms in total. The first kappa shape index (κ1) is 13.2. The summed E-state index contributed by atoms with van der Waals surface area (Å²) in [5.41, 5.74) is 1.40. The summed E-state index contributed by atoms with van der Waals surface area (Å²) in [6.07, 6.45) is 4.24. The molecule has 0 aliphatic rings. The molecule has 96 valence electrons. The number of aromatic nitrogens is 1. The third-order valence-corrected chi connectivity index (χ3v) is 4.02. The van der Waals surface area contributed by atoms with Crippen LogP contribution in [0.25, 0.3) is 0 Å². The summed E-state index contributed by atoms with van der Waals surface area (Å²) in [7, 11) is 0. The SMILES string of the molecule is CCNC(CCc1ccccc1)c1cnc(C)s1. The average molecular weight is 260 g/mol. The molecule has 0 saturated carbocycles. The molecule has 2 rings (SSSR count). The van der Waals surface area contributed by atoms with E-state index in [9.17, 15) is 0 Å². The first-order valence-electron chi connectivity index (χ1n) is 6.49. The van der Waals surface area contributed by atoms with E-state index in [-0.39, 0.29) is 0 Å². The number of rotatable bonds is 6. The van der Waals surface area contributed by atoms with Crippen molar-refractivity contribution in [2.24, 2.45) is 0 Å². The Hall–Kier alpha value is -1.19. The molecule has 0 saturated heterocycles. The molecule has 1 aromatic heterocycles. The van der Waals surface area contributed by atoms with Gasteiger partial charge in [-0.05, 0) is 31.9 Å². The van der Waals surface area contributed by atoms with Crippen LogP contribution in [0.15, 0.2) is 36.5 Å². The summed E-state index contributed by atoms with van der Waals surface area (Å²) in [6, 6.07) is 11.1. The molecule has 0 amide bonds. The third-order valence-electron chi connectivity index (χ3n) is 3.00. The summed E-state index contributed by atoms with van der Waals surface area (Å²) < 4.78 is 0. The Morgan fingerprint density at radius 1 is 1.28 bits per heavy atom. The molecule has 1 N–H and O–H groups in total. The lowest BCUT2D eigenvalue weighted by molar-refractivity contribution is 0.522. The molecular formula is C15H20N2S. The summed E-state index contributed by atoms with van der Waals surface area (Å²) in [5, 5.41) is 4.70. The van der Waals surface area contributed by atoms with Gasteiger partial charge in [-0.25, -0.2) is 4.98 Å². The molecule has 0 aliphatic carbocycles. The molecule has 0 radical (unpaired) electrons. The second-order valence-corrected chi connectivity index (χ2v) is 5.68. The van der Waals surface area contributed by atoms with E-state index in [1.54, 1.807) is 11.3 Å². The zero-order valence-corrected chi connectivity index (χ0v) is 11.8. The van der Waals surface area contributed by atoms with Gasteiger partial charge in [0.15, 0.2) is 0 Å². The van der Waals surface area contributed by atoms with Crippen LogP contribution in [0.4, 0.5) is 0 Å². The maximum atomic E-state index is 4.35. The van der Waals surface area contributed by atoms with Crippen molar-refractivity contribution in [1.82, 2.24) is 10.3 Å². The van der Waals surface area contributed by atoms with Crippen LogP contribution in [0.5, 0.6) is 0 Å². The van der Waals surface area contributed by atoms with Crippen LogP contribution in [-0.2, 0) is 6.42 Å². The lowest BCUT2D eigenvalue weighted by Crippen LogP contribution is -2.20. The lowest BCUT2D eigenvalue weighted by atomic mass is 10.0. The van der Waals surface area contributed by atoms with Crippen molar-refractivity contribution in [3.63, 3.8) is 0 Å². The Bertz CT molecular complexity index is 464. The highest BCUT2D eigenvalue weighted by Gasteiger charge is 2.12. The largest absolute Gasteiger partial charge is 0.309 e. The number of thiazole rings is 1. The second-order valence-electron chi connectivity index (χ2n) is 4.42. The van der Waals surface area contributed by atoms with Crippen LogP contribution in [0.3, 0.4) is 0 Å². The number of hydrogen-bond donors (Lipinski definition) is 1. The van der Waals surface area contributed by atoms with Crippen LogP contribution in [0.2, 0.25) is 0 Å². The van der Waals surface area contributed by atoms with Gasteiger partial charge in [0.25, 0.3) is 0 Å². The van der Waals surface area contributed by atoms with Crippen molar-refractivity contribution >= 4 is 11.3 Å². The predicted octanol–water partition coefficient (Wildman–Crippen LogP) is 3.73. The van der Waals surface area contributed by atoms with Crippen molar-refractivity contribution in [3.05, 3.63) is 52.0 Å². The van der Waals surface area contributed by atoms with Crippen LogP contribution in [-0.4, -0.2) is 11.5 Å². The van der Waals surface area contributed by atoms with Gasteiger partial charge in [0.1, 0.15) is 0 Å². The van der Waals surface area contributed by atoms with E-state index < -0.39 is 0 Å². The molecule has 3 heteroatoms. The van der Waals surface area contributed by atoms with Gasteiger partial charge >= 0.3 is 0 Å². The summed E-state index contributed by atoms with van der Waals surface area (Å²) in [5.74, 6) is 0. The maximum Gasteiger partial charge on any atom is 0.0897 e. The Kier molecular flexibility index (Phi) is 4.90. The summed E-state index contributed by atoms with van der Waals surface area (Å²) in [6.45, 7) is 5.22. The van der Waals surface area contributed by atoms with E-state index in [1.165, 1.54) is 10.4 Å². The highest BCUT2D eigenvalue weighted by molar-refractivity contribution is 7.11. The van der Waals surface area contributed by atoms with E-state index in [0.717, 1.165) is 24.4 Å². The molecule has 0 bridgehead atoms. The van der Waals surface area contributed by atoms with Crippen LogP contribution in [0.1, 0.15) is 34.8 Å². The number of aryl methyl sites for hydroxylation is 2.